The Kier molecular flexibility index (Phi) is 43.2. The summed E-state index contributed by atoms with van der Waals surface area (Å²) in [7, 11) is 5.33. The van der Waals surface area contributed by atoms with E-state index in [1.807, 2.05) is 11.9 Å². The Morgan fingerprint density at radius 3 is 1.43 bits per heavy atom. The molecule has 0 bridgehead atoms. The molecule has 9 heteroatoms. The van der Waals surface area contributed by atoms with E-state index in [4.69, 9.17) is 9.57 Å². The first-order chi connectivity index (χ1) is 28.4. The van der Waals surface area contributed by atoms with Crippen LogP contribution in [0.3, 0.4) is 0 Å². The minimum atomic E-state index is 0.0245. The van der Waals surface area contributed by atoms with E-state index in [1.54, 1.807) is 14.2 Å². The quantitative estimate of drug-likeness (QED) is 0.0208. The number of esters is 1. The summed E-state index contributed by atoms with van der Waals surface area (Å²) >= 11 is 0. The van der Waals surface area contributed by atoms with Gasteiger partial charge in [0.15, 0.2) is 0 Å². The largest absolute Gasteiger partial charge is 0.462 e. The van der Waals surface area contributed by atoms with Gasteiger partial charge in [-0.25, -0.2) is 5.48 Å². The molecule has 0 aliphatic carbocycles. The van der Waals surface area contributed by atoms with E-state index in [9.17, 15) is 9.59 Å². The molecule has 1 amide bonds. The van der Waals surface area contributed by atoms with Crippen molar-refractivity contribution < 1.29 is 19.2 Å². The summed E-state index contributed by atoms with van der Waals surface area (Å²) in [4.78, 5) is 39.2. The molecule has 0 fully saturated rings. The highest BCUT2D eigenvalue weighted by molar-refractivity contribution is 5.78. The van der Waals surface area contributed by atoms with Gasteiger partial charge >= 0.3 is 5.97 Å². The van der Waals surface area contributed by atoms with Crippen molar-refractivity contribution in [2.45, 2.75) is 245 Å². The number of amides is 1. The van der Waals surface area contributed by atoms with Gasteiger partial charge < -0.3 is 19.9 Å². The molecular formula is C49H99N5O4. The summed E-state index contributed by atoms with van der Waals surface area (Å²) in [5.74, 6) is 0.997. The topological polar surface area (TPSA) is 95.5 Å². The van der Waals surface area contributed by atoms with Crippen LogP contribution in [-0.2, 0) is 19.2 Å². The molecule has 0 spiro atoms. The van der Waals surface area contributed by atoms with Crippen LogP contribution in [0, 0.1) is 0 Å². The molecule has 0 radical (unpaired) electrons. The average molecular weight is 822 g/mol. The third kappa shape index (κ3) is 38.3. The molecule has 344 valence electrons. The van der Waals surface area contributed by atoms with Gasteiger partial charge in [0.05, 0.1) is 7.11 Å². The van der Waals surface area contributed by atoms with Crippen LogP contribution in [0.2, 0.25) is 0 Å². The molecule has 0 aromatic carbocycles. The number of unbranched alkanes of at least 4 members (excludes halogenated alkanes) is 24. The first-order valence-electron chi connectivity index (χ1n) is 25.1. The Bertz CT molecular complexity index is 904. The predicted octanol–water partition coefficient (Wildman–Crippen LogP) is 12.7. The number of aliphatic imine (C=N–C) groups is 1. The van der Waals surface area contributed by atoms with Crippen LogP contribution in [0.1, 0.15) is 239 Å². The highest BCUT2D eigenvalue weighted by Crippen LogP contribution is 2.19. The average Bonchev–Trinajstić information content (AvgIpc) is 3.22. The van der Waals surface area contributed by atoms with Crippen LogP contribution >= 0.6 is 0 Å². The van der Waals surface area contributed by atoms with Crippen LogP contribution in [0.4, 0.5) is 0 Å². The SMILES string of the molecule is CCCCCCCCCN(C)C(=O)CCCCCCCN(CCCCCCCC(=O)OC(CCCCCCCC)CCCCCCCC)CCCNC(=NC)NOC. The first-order valence-corrected chi connectivity index (χ1v) is 25.1. The number of rotatable bonds is 44. The number of hydroxylamine groups is 1. The maximum atomic E-state index is 12.8. The van der Waals surface area contributed by atoms with Crippen LogP contribution in [0.15, 0.2) is 4.99 Å². The fraction of sp³-hybridized carbons (Fsp3) is 0.939. The number of nitrogens with one attached hydrogen (secondary N) is 2. The molecule has 0 aromatic rings. The second kappa shape index (κ2) is 44.7. The Morgan fingerprint density at radius 1 is 0.534 bits per heavy atom. The van der Waals surface area contributed by atoms with Gasteiger partial charge in [0, 0.05) is 40.0 Å². The lowest BCUT2D eigenvalue weighted by Crippen LogP contribution is -2.38. The zero-order chi connectivity index (χ0) is 42.6. The van der Waals surface area contributed by atoms with Crippen LogP contribution in [0.5, 0.6) is 0 Å². The van der Waals surface area contributed by atoms with Gasteiger partial charge in [-0.1, -0.05) is 162 Å². The predicted molar refractivity (Wildman–Crippen MR) is 249 cm³/mol. The zero-order valence-corrected chi connectivity index (χ0v) is 39.6. The highest BCUT2D eigenvalue weighted by atomic mass is 16.6. The van der Waals surface area contributed by atoms with Gasteiger partial charge in [-0.15, -0.1) is 0 Å². The van der Waals surface area contributed by atoms with E-state index in [1.165, 1.54) is 154 Å². The summed E-state index contributed by atoms with van der Waals surface area (Å²) in [6, 6.07) is 0. The van der Waals surface area contributed by atoms with Gasteiger partial charge in [0.2, 0.25) is 11.9 Å². The lowest BCUT2D eigenvalue weighted by molar-refractivity contribution is -0.150. The van der Waals surface area contributed by atoms with Crippen molar-refractivity contribution in [3.05, 3.63) is 0 Å². The maximum Gasteiger partial charge on any atom is 0.306 e. The molecule has 9 nitrogen and oxygen atoms in total. The molecule has 0 atom stereocenters. The van der Waals surface area contributed by atoms with E-state index >= 15 is 0 Å². The van der Waals surface area contributed by atoms with Gasteiger partial charge in [-0.2, -0.15) is 0 Å². The normalized spacial score (nSPS) is 11.8. The number of nitrogens with zero attached hydrogens (tertiary/aromatic N) is 3. The van der Waals surface area contributed by atoms with Crippen molar-refractivity contribution in [2.24, 2.45) is 4.99 Å². The summed E-state index contributed by atoms with van der Waals surface area (Å²) in [5, 5.41) is 3.32. The number of ether oxygens (including phenoxy) is 1. The third-order valence-corrected chi connectivity index (χ3v) is 11.7. The van der Waals surface area contributed by atoms with Crippen LogP contribution in [0.25, 0.3) is 0 Å². The molecule has 0 saturated carbocycles. The van der Waals surface area contributed by atoms with Gasteiger partial charge in [0.1, 0.15) is 6.10 Å². The fourth-order valence-corrected chi connectivity index (χ4v) is 7.81. The third-order valence-electron chi connectivity index (χ3n) is 11.7. The van der Waals surface area contributed by atoms with E-state index in [0.717, 1.165) is 84.1 Å². The summed E-state index contributed by atoms with van der Waals surface area (Å²) in [6.45, 7) is 11.8. The minimum Gasteiger partial charge on any atom is -0.462 e. The van der Waals surface area contributed by atoms with E-state index in [-0.39, 0.29) is 12.1 Å². The Labute approximate surface area is 360 Å². The molecule has 0 rings (SSSR count). The van der Waals surface area contributed by atoms with E-state index in [0.29, 0.717) is 24.7 Å². The standard InChI is InChI=1S/C49H99N5O4/c1-7-10-13-16-19-26-33-42-53(5)47(55)39-31-24-20-27-34-43-54(45-36-41-51-49(50-4)52-57-6)44-35-28-21-25-32-40-48(56)58-46(37-29-22-17-14-11-8-2)38-30-23-18-15-12-9-3/h46H,7-45H2,1-6H3,(H2,50,51,52). The maximum absolute atomic E-state index is 12.8. The van der Waals surface area contributed by atoms with Gasteiger partial charge in [0.25, 0.3) is 0 Å². The fourth-order valence-electron chi connectivity index (χ4n) is 7.81. The lowest BCUT2D eigenvalue weighted by Gasteiger charge is -2.23. The van der Waals surface area contributed by atoms with Gasteiger partial charge in [-0.3, -0.25) is 19.4 Å². The minimum absolute atomic E-state index is 0.0245. The van der Waals surface area contributed by atoms with Crippen LogP contribution < -0.4 is 10.8 Å². The number of carbonyl (C=O) groups is 2. The molecule has 2 N–H and O–H groups in total. The van der Waals surface area contributed by atoms with Crippen molar-refractivity contribution in [2.75, 3.05) is 53.9 Å². The first kappa shape index (κ1) is 56.1. The Morgan fingerprint density at radius 2 is 0.948 bits per heavy atom. The smallest absolute Gasteiger partial charge is 0.306 e. The molecule has 58 heavy (non-hydrogen) atoms. The second-order valence-electron chi connectivity index (χ2n) is 17.2. The molecular weight excluding hydrogens is 723 g/mol. The molecule has 0 saturated heterocycles. The molecule has 0 heterocycles. The summed E-state index contributed by atoms with van der Waals surface area (Å²) in [5.41, 5.74) is 2.79. The molecule has 0 aliphatic heterocycles. The Balaban J connectivity index is 4.47. The van der Waals surface area contributed by atoms with Crippen LogP contribution in [-0.4, -0.2) is 87.7 Å². The van der Waals surface area contributed by atoms with Crippen molar-refractivity contribution in [3.63, 3.8) is 0 Å². The number of guanidine groups is 1. The molecule has 0 aliphatic rings. The zero-order valence-electron chi connectivity index (χ0n) is 39.6. The Hall–Kier alpha value is -1.87. The van der Waals surface area contributed by atoms with Crippen molar-refractivity contribution >= 4 is 17.8 Å². The molecule has 0 aromatic heterocycles. The van der Waals surface area contributed by atoms with Crippen molar-refractivity contribution in [1.29, 1.82) is 0 Å². The number of hydrogen-bond acceptors (Lipinski definition) is 6. The monoisotopic (exact) mass is 822 g/mol. The second-order valence-corrected chi connectivity index (χ2v) is 17.2. The van der Waals surface area contributed by atoms with Gasteiger partial charge in [-0.05, 0) is 83.8 Å². The van der Waals surface area contributed by atoms with E-state index in [2.05, 4.69) is 41.5 Å². The van der Waals surface area contributed by atoms with Crippen molar-refractivity contribution in [1.82, 2.24) is 20.6 Å². The molecule has 0 unspecified atom stereocenters. The number of carbonyl (C=O) groups excluding carboxylic acids is 2. The summed E-state index contributed by atoms with van der Waals surface area (Å²) < 4.78 is 6.08. The number of hydrogen-bond donors (Lipinski definition) is 2. The lowest BCUT2D eigenvalue weighted by atomic mass is 10.0. The van der Waals surface area contributed by atoms with E-state index < -0.39 is 0 Å². The highest BCUT2D eigenvalue weighted by Gasteiger charge is 2.15. The van der Waals surface area contributed by atoms with Crippen molar-refractivity contribution in [3.8, 4) is 0 Å². The summed E-state index contributed by atoms with van der Waals surface area (Å²) in [6.07, 6.45) is 40.3.